The first-order valence-corrected chi connectivity index (χ1v) is 7.76. The number of aromatic nitrogens is 1. The first-order valence-electron chi connectivity index (χ1n) is 7.76. The highest BCUT2D eigenvalue weighted by molar-refractivity contribution is 5.99. The second kappa shape index (κ2) is 6.23. The maximum atomic E-state index is 11.8. The first kappa shape index (κ1) is 15.9. The Morgan fingerprint density at radius 3 is 2.46 bits per heavy atom. The van der Waals surface area contributed by atoms with Crippen molar-refractivity contribution < 1.29 is 9.59 Å². The van der Waals surface area contributed by atoms with Crippen molar-refractivity contribution in [2.24, 2.45) is 11.5 Å². The third-order valence-electron chi connectivity index (χ3n) is 4.27. The Hall–Kier alpha value is -3.02. The molecule has 24 heavy (non-hydrogen) atoms. The zero-order valence-electron chi connectivity index (χ0n) is 13.5. The fourth-order valence-electron chi connectivity index (χ4n) is 3.14. The molecule has 6 heteroatoms. The zero-order chi connectivity index (χ0) is 17.3. The molecule has 0 aliphatic carbocycles. The molecule has 4 N–H and O–H groups in total. The number of nitrogens with zero attached hydrogens (tertiary/aromatic N) is 2. The molecule has 2 aromatic rings. The van der Waals surface area contributed by atoms with Crippen LogP contribution in [-0.4, -0.2) is 23.4 Å². The fraction of sp³-hybridized carbons (Fsp3) is 0.222. The van der Waals surface area contributed by atoms with E-state index in [-0.39, 0.29) is 0 Å². The predicted molar refractivity (Wildman–Crippen MR) is 92.5 cm³/mol. The number of carbonyl (C=O) groups is 2. The van der Waals surface area contributed by atoms with Crippen molar-refractivity contribution in [1.29, 1.82) is 0 Å². The number of nitrogens with two attached hydrogens (primary N) is 2. The van der Waals surface area contributed by atoms with E-state index in [0.717, 1.165) is 17.8 Å². The fourth-order valence-corrected chi connectivity index (χ4v) is 3.14. The van der Waals surface area contributed by atoms with E-state index in [9.17, 15) is 9.59 Å². The molecule has 0 bridgehead atoms. The molecule has 1 aromatic carbocycles. The lowest BCUT2D eigenvalue weighted by Crippen LogP contribution is -2.26. The molecule has 0 saturated carbocycles. The number of aryl methyl sites for hydroxylation is 2. The molecule has 1 aliphatic heterocycles. The highest BCUT2D eigenvalue weighted by Gasteiger charge is 2.27. The van der Waals surface area contributed by atoms with Gasteiger partial charge in [0, 0.05) is 43.5 Å². The van der Waals surface area contributed by atoms with Crippen LogP contribution < -0.4 is 16.4 Å². The SMILES string of the molecule is CN1C=C(C(N)=O)Cc2c(C(N)=O)cn(CCc3ccccc3)c21. The number of benzene rings is 1. The maximum absolute atomic E-state index is 11.8. The summed E-state index contributed by atoms with van der Waals surface area (Å²) in [6.07, 6.45) is 4.64. The van der Waals surface area contributed by atoms with Crippen LogP contribution in [0, 0.1) is 0 Å². The lowest BCUT2D eigenvalue weighted by atomic mass is 10.00. The minimum atomic E-state index is -0.496. The summed E-state index contributed by atoms with van der Waals surface area (Å²) in [5.74, 6) is -0.103. The van der Waals surface area contributed by atoms with Crippen LogP contribution in [0.4, 0.5) is 5.82 Å². The van der Waals surface area contributed by atoms with E-state index < -0.39 is 11.8 Å². The van der Waals surface area contributed by atoms with Crippen LogP contribution >= 0.6 is 0 Å². The Kier molecular flexibility index (Phi) is 4.12. The Morgan fingerprint density at radius 2 is 1.83 bits per heavy atom. The van der Waals surface area contributed by atoms with Gasteiger partial charge in [-0.15, -0.1) is 0 Å². The molecule has 0 saturated heterocycles. The van der Waals surface area contributed by atoms with Crippen molar-refractivity contribution in [3.05, 3.63) is 65.0 Å². The Labute approximate surface area is 140 Å². The van der Waals surface area contributed by atoms with Crippen LogP contribution in [0.2, 0.25) is 0 Å². The molecule has 2 amide bonds. The maximum Gasteiger partial charge on any atom is 0.250 e. The van der Waals surface area contributed by atoms with Crippen LogP contribution in [0.3, 0.4) is 0 Å². The van der Waals surface area contributed by atoms with Crippen molar-refractivity contribution >= 4 is 17.6 Å². The molecule has 124 valence electrons. The van der Waals surface area contributed by atoms with Gasteiger partial charge in [0.05, 0.1) is 5.56 Å². The summed E-state index contributed by atoms with van der Waals surface area (Å²) in [4.78, 5) is 25.1. The highest BCUT2D eigenvalue weighted by Crippen LogP contribution is 2.32. The highest BCUT2D eigenvalue weighted by atomic mass is 16.1. The monoisotopic (exact) mass is 324 g/mol. The Bertz CT molecular complexity index is 821. The van der Waals surface area contributed by atoms with Crippen molar-refractivity contribution in [3.63, 3.8) is 0 Å². The van der Waals surface area contributed by atoms with E-state index in [1.807, 2.05) is 34.7 Å². The van der Waals surface area contributed by atoms with Gasteiger partial charge >= 0.3 is 0 Å². The van der Waals surface area contributed by atoms with Gasteiger partial charge in [0.15, 0.2) is 0 Å². The molecule has 0 fully saturated rings. The van der Waals surface area contributed by atoms with Gasteiger partial charge in [-0.25, -0.2) is 0 Å². The van der Waals surface area contributed by atoms with E-state index >= 15 is 0 Å². The number of amides is 2. The third kappa shape index (κ3) is 2.90. The average Bonchev–Trinajstić information content (AvgIpc) is 2.93. The molecule has 0 unspecified atom stereocenters. The van der Waals surface area contributed by atoms with Gasteiger partial charge in [0.25, 0.3) is 5.91 Å². The van der Waals surface area contributed by atoms with Gasteiger partial charge < -0.3 is 20.9 Å². The van der Waals surface area contributed by atoms with Crippen molar-refractivity contribution in [2.45, 2.75) is 19.4 Å². The van der Waals surface area contributed by atoms with Crippen LogP contribution in [0.1, 0.15) is 21.5 Å². The third-order valence-corrected chi connectivity index (χ3v) is 4.27. The van der Waals surface area contributed by atoms with E-state index in [2.05, 4.69) is 12.1 Å². The number of primary amides is 2. The van der Waals surface area contributed by atoms with Crippen molar-refractivity contribution in [2.75, 3.05) is 11.9 Å². The van der Waals surface area contributed by atoms with E-state index in [0.29, 0.717) is 24.1 Å². The lowest BCUT2D eigenvalue weighted by Gasteiger charge is -2.25. The quantitative estimate of drug-likeness (QED) is 0.865. The number of rotatable bonds is 5. The van der Waals surface area contributed by atoms with Crippen molar-refractivity contribution in [1.82, 2.24) is 4.57 Å². The molecule has 2 heterocycles. The van der Waals surface area contributed by atoms with Crippen LogP contribution in [0.15, 0.2) is 48.3 Å². The average molecular weight is 324 g/mol. The van der Waals surface area contributed by atoms with Crippen LogP contribution in [0.25, 0.3) is 0 Å². The molecule has 0 radical (unpaired) electrons. The molecular formula is C18H20N4O2. The molecule has 0 spiro atoms. The van der Waals surface area contributed by atoms with Crippen molar-refractivity contribution in [3.8, 4) is 0 Å². The molecular weight excluding hydrogens is 304 g/mol. The topological polar surface area (TPSA) is 94.3 Å². The molecule has 0 atom stereocenters. The summed E-state index contributed by atoms with van der Waals surface area (Å²) >= 11 is 0. The summed E-state index contributed by atoms with van der Waals surface area (Å²) in [6, 6.07) is 10.1. The van der Waals surface area contributed by atoms with Gasteiger partial charge in [-0.3, -0.25) is 9.59 Å². The first-order chi connectivity index (χ1) is 11.5. The normalized spacial score (nSPS) is 13.4. The number of fused-ring (bicyclic) bond motifs is 1. The number of anilines is 1. The summed E-state index contributed by atoms with van der Waals surface area (Å²) in [6.45, 7) is 0.712. The second-order valence-corrected chi connectivity index (χ2v) is 5.94. The Balaban J connectivity index is 1.95. The lowest BCUT2D eigenvalue weighted by molar-refractivity contribution is -0.114. The summed E-state index contributed by atoms with van der Waals surface area (Å²) < 4.78 is 2.01. The number of hydrogen-bond acceptors (Lipinski definition) is 3. The van der Waals surface area contributed by atoms with Gasteiger partial charge in [0.1, 0.15) is 5.82 Å². The molecule has 1 aromatic heterocycles. The van der Waals surface area contributed by atoms with Gasteiger partial charge in [-0.05, 0) is 12.0 Å². The molecule has 3 rings (SSSR count). The summed E-state index contributed by atoms with van der Waals surface area (Å²) in [5, 5.41) is 0. The minimum Gasteiger partial charge on any atom is -0.366 e. The van der Waals surface area contributed by atoms with Gasteiger partial charge in [0.2, 0.25) is 5.91 Å². The molecule has 6 nitrogen and oxygen atoms in total. The van der Waals surface area contributed by atoms with Gasteiger partial charge in [-0.1, -0.05) is 30.3 Å². The molecule has 1 aliphatic rings. The second-order valence-electron chi connectivity index (χ2n) is 5.94. The smallest absolute Gasteiger partial charge is 0.250 e. The standard InChI is InChI=1S/C18H20N4O2/c1-21-10-13(16(19)23)9-14-15(17(20)24)11-22(18(14)21)8-7-12-5-3-2-4-6-12/h2-6,10-11H,7-9H2,1H3,(H2,19,23)(H2,20,24). The zero-order valence-corrected chi connectivity index (χ0v) is 13.5. The summed E-state index contributed by atoms with van der Waals surface area (Å²) in [7, 11) is 1.84. The van der Waals surface area contributed by atoms with E-state index in [1.165, 1.54) is 5.56 Å². The predicted octanol–water partition coefficient (Wildman–Crippen LogP) is 1.19. The number of carbonyl (C=O) groups excluding carboxylic acids is 2. The van der Waals surface area contributed by atoms with Crippen LogP contribution in [-0.2, 0) is 24.2 Å². The largest absolute Gasteiger partial charge is 0.366 e. The minimum absolute atomic E-state index is 0.325. The number of hydrogen-bond donors (Lipinski definition) is 2. The van der Waals surface area contributed by atoms with Gasteiger partial charge in [-0.2, -0.15) is 0 Å². The Morgan fingerprint density at radius 1 is 1.12 bits per heavy atom. The van der Waals surface area contributed by atoms with Crippen LogP contribution in [0.5, 0.6) is 0 Å². The summed E-state index contributed by atoms with van der Waals surface area (Å²) in [5.41, 5.74) is 13.8. The van der Waals surface area contributed by atoms with E-state index in [1.54, 1.807) is 12.4 Å². The van der Waals surface area contributed by atoms with E-state index in [4.69, 9.17) is 11.5 Å².